The van der Waals surface area contributed by atoms with Gasteiger partial charge in [-0.15, -0.1) is 0 Å². The molecule has 0 aromatic rings. The van der Waals surface area contributed by atoms with Gasteiger partial charge < -0.3 is 10.1 Å². The maximum atomic E-state index is 11.6. The third-order valence-corrected chi connectivity index (χ3v) is 6.28. The molecule has 5 heteroatoms. The summed E-state index contributed by atoms with van der Waals surface area (Å²) in [7, 11) is -2.88. The van der Waals surface area contributed by atoms with Gasteiger partial charge in [-0.05, 0) is 31.6 Å². The zero-order valence-corrected chi connectivity index (χ0v) is 11.1. The van der Waals surface area contributed by atoms with Crippen molar-refractivity contribution in [3.8, 4) is 0 Å². The SMILES string of the molecule is CC1CCC2(CC1)CNC1CS(=O)(=O)CC1O2. The molecule has 3 aliphatic rings. The Balaban J connectivity index is 1.72. The van der Waals surface area contributed by atoms with Crippen molar-refractivity contribution >= 4 is 9.84 Å². The summed E-state index contributed by atoms with van der Waals surface area (Å²) >= 11 is 0. The van der Waals surface area contributed by atoms with E-state index in [2.05, 4.69) is 12.2 Å². The van der Waals surface area contributed by atoms with Gasteiger partial charge in [-0.2, -0.15) is 0 Å². The molecule has 1 saturated carbocycles. The van der Waals surface area contributed by atoms with Crippen molar-refractivity contribution in [1.82, 2.24) is 5.32 Å². The number of sulfone groups is 1. The van der Waals surface area contributed by atoms with Gasteiger partial charge in [0.25, 0.3) is 0 Å². The summed E-state index contributed by atoms with van der Waals surface area (Å²) in [5, 5.41) is 3.41. The number of hydrogen-bond acceptors (Lipinski definition) is 4. The number of fused-ring (bicyclic) bond motifs is 1. The molecule has 2 heterocycles. The Labute approximate surface area is 103 Å². The lowest BCUT2D eigenvalue weighted by molar-refractivity contribution is -0.141. The largest absolute Gasteiger partial charge is 0.368 e. The second-order valence-electron chi connectivity index (χ2n) is 6.09. The van der Waals surface area contributed by atoms with E-state index in [1.165, 1.54) is 12.8 Å². The van der Waals surface area contributed by atoms with Crippen LogP contribution in [0, 0.1) is 5.92 Å². The number of nitrogens with one attached hydrogen (secondary N) is 1. The summed E-state index contributed by atoms with van der Waals surface area (Å²) in [6.45, 7) is 3.11. The van der Waals surface area contributed by atoms with Gasteiger partial charge in [-0.1, -0.05) is 6.92 Å². The smallest absolute Gasteiger partial charge is 0.154 e. The van der Waals surface area contributed by atoms with Gasteiger partial charge in [-0.25, -0.2) is 8.42 Å². The van der Waals surface area contributed by atoms with Crippen LogP contribution in [0.3, 0.4) is 0 Å². The second kappa shape index (κ2) is 3.93. The number of ether oxygens (including phenoxy) is 1. The Morgan fingerprint density at radius 3 is 2.65 bits per heavy atom. The Morgan fingerprint density at radius 1 is 1.24 bits per heavy atom. The van der Waals surface area contributed by atoms with Crippen LogP contribution in [-0.2, 0) is 14.6 Å². The van der Waals surface area contributed by atoms with Gasteiger partial charge in [0.15, 0.2) is 9.84 Å². The summed E-state index contributed by atoms with van der Waals surface area (Å²) < 4.78 is 29.4. The van der Waals surface area contributed by atoms with Crippen LogP contribution in [0.15, 0.2) is 0 Å². The number of hydrogen-bond donors (Lipinski definition) is 1. The van der Waals surface area contributed by atoms with E-state index in [0.717, 1.165) is 25.3 Å². The standard InChI is InChI=1S/C12H21NO3S/c1-9-2-4-12(5-3-9)8-13-10-6-17(14,15)7-11(10)16-12/h9-11,13H,2-8H2,1H3. The summed E-state index contributed by atoms with van der Waals surface area (Å²) in [4.78, 5) is 0. The summed E-state index contributed by atoms with van der Waals surface area (Å²) in [5.74, 6) is 1.25. The topological polar surface area (TPSA) is 55.4 Å². The fraction of sp³-hybridized carbons (Fsp3) is 1.00. The van der Waals surface area contributed by atoms with Crippen molar-refractivity contribution < 1.29 is 13.2 Å². The minimum atomic E-state index is -2.88. The average Bonchev–Trinajstić information content (AvgIpc) is 2.56. The molecule has 1 spiro atoms. The third kappa shape index (κ3) is 2.25. The predicted molar refractivity (Wildman–Crippen MR) is 65.7 cm³/mol. The minimum absolute atomic E-state index is 0.0324. The molecule has 0 aromatic heterocycles. The van der Waals surface area contributed by atoms with Gasteiger partial charge in [0.05, 0.1) is 23.2 Å². The van der Waals surface area contributed by atoms with Gasteiger partial charge in [0.2, 0.25) is 0 Å². The highest BCUT2D eigenvalue weighted by molar-refractivity contribution is 7.91. The van der Waals surface area contributed by atoms with Crippen LogP contribution in [0.1, 0.15) is 32.6 Å². The van der Waals surface area contributed by atoms with Crippen LogP contribution >= 0.6 is 0 Å². The van der Waals surface area contributed by atoms with Crippen LogP contribution in [0.2, 0.25) is 0 Å². The van der Waals surface area contributed by atoms with Crippen LogP contribution in [0.5, 0.6) is 0 Å². The molecular weight excluding hydrogens is 238 g/mol. The molecule has 0 bridgehead atoms. The van der Waals surface area contributed by atoms with E-state index in [9.17, 15) is 8.42 Å². The van der Waals surface area contributed by atoms with E-state index in [1.54, 1.807) is 0 Å². The molecule has 0 radical (unpaired) electrons. The van der Waals surface area contributed by atoms with E-state index < -0.39 is 9.84 Å². The van der Waals surface area contributed by atoms with Crippen LogP contribution in [-0.4, -0.2) is 44.2 Å². The average molecular weight is 259 g/mol. The van der Waals surface area contributed by atoms with E-state index in [0.29, 0.717) is 0 Å². The molecule has 4 nitrogen and oxygen atoms in total. The molecule has 3 fully saturated rings. The van der Waals surface area contributed by atoms with Gasteiger partial charge >= 0.3 is 0 Å². The first-order valence-electron chi connectivity index (χ1n) is 6.60. The maximum Gasteiger partial charge on any atom is 0.154 e. The lowest BCUT2D eigenvalue weighted by Crippen LogP contribution is -2.59. The molecular formula is C12H21NO3S. The molecule has 2 saturated heterocycles. The lowest BCUT2D eigenvalue weighted by Gasteiger charge is -2.46. The Hall–Kier alpha value is -0.130. The van der Waals surface area contributed by atoms with Crippen molar-refractivity contribution in [1.29, 1.82) is 0 Å². The highest BCUT2D eigenvalue weighted by Crippen LogP contribution is 2.38. The molecule has 1 aliphatic carbocycles. The van der Waals surface area contributed by atoms with Crippen molar-refractivity contribution in [3.63, 3.8) is 0 Å². The highest BCUT2D eigenvalue weighted by Gasteiger charge is 2.48. The highest BCUT2D eigenvalue weighted by atomic mass is 32.2. The van der Waals surface area contributed by atoms with E-state index in [1.807, 2.05) is 0 Å². The monoisotopic (exact) mass is 259 g/mol. The van der Waals surface area contributed by atoms with Crippen molar-refractivity contribution in [3.05, 3.63) is 0 Å². The number of morpholine rings is 1. The van der Waals surface area contributed by atoms with Crippen LogP contribution in [0.4, 0.5) is 0 Å². The molecule has 2 aliphatic heterocycles. The molecule has 3 rings (SSSR count). The molecule has 1 N–H and O–H groups in total. The van der Waals surface area contributed by atoms with E-state index in [4.69, 9.17) is 4.74 Å². The molecule has 0 aromatic carbocycles. The van der Waals surface area contributed by atoms with Gasteiger partial charge in [-0.3, -0.25) is 0 Å². The second-order valence-corrected chi connectivity index (χ2v) is 8.24. The van der Waals surface area contributed by atoms with Crippen molar-refractivity contribution in [2.24, 2.45) is 5.92 Å². The quantitative estimate of drug-likeness (QED) is 0.696. The van der Waals surface area contributed by atoms with Gasteiger partial charge in [0.1, 0.15) is 0 Å². The third-order valence-electron chi connectivity index (χ3n) is 4.57. The van der Waals surface area contributed by atoms with E-state index in [-0.39, 0.29) is 29.3 Å². The first-order chi connectivity index (χ1) is 7.98. The number of rotatable bonds is 0. The molecule has 2 atom stereocenters. The normalized spacial score (nSPS) is 49.1. The fourth-order valence-electron chi connectivity index (χ4n) is 3.38. The summed E-state index contributed by atoms with van der Waals surface area (Å²) in [6, 6.07) is 0.0324. The Morgan fingerprint density at radius 2 is 1.94 bits per heavy atom. The van der Waals surface area contributed by atoms with Crippen molar-refractivity contribution in [2.45, 2.75) is 50.4 Å². The zero-order chi connectivity index (χ0) is 12.1. The Bertz CT molecular complexity index is 398. The molecule has 98 valence electrons. The molecule has 0 amide bonds. The first kappa shape index (κ1) is 11.9. The fourth-order valence-corrected chi connectivity index (χ4v) is 5.20. The van der Waals surface area contributed by atoms with E-state index >= 15 is 0 Å². The minimum Gasteiger partial charge on any atom is -0.368 e. The van der Waals surface area contributed by atoms with Crippen LogP contribution in [0.25, 0.3) is 0 Å². The van der Waals surface area contributed by atoms with Crippen LogP contribution < -0.4 is 5.32 Å². The lowest BCUT2D eigenvalue weighted by atomic mass is 9.78. The molecule has 2 unspecified atom stereocenters. The first-order valence-corrected chi connectivity index (χ1v) is 8.42. The molecule has 17 heavy (non-hydrogen) atoms. The maximum absolute atomic E-state index is 11.6. The summed E-state index contributed by atoms with van der Waals surface area (Å²) in [5.41, 5.74) is -0.0759. The van der Waals surface area contributed by atoms with Gasteiger partial charge in [0, 0.05) is 12.6 Å². The summed E-state index contributed by atoms with van der Waals surface area (Å²) in [6.07, 6.45) is 4.44. The predicted octanol–water partition coefficient (Wildman–Crippen LogP) is 0.721. The zero-order valence-electron chi connectivity index (χ0n) is 10.3. The Kier molecular flexibility index (Phi) is 2.76. The van der Waals surface area contributed by atoms with Crippen molar-refractivity contribution in [2.75, 3.05) is 18.1 Å².